The van der Waals surface area contributed by atoms with Crippen molar-refractivity contribution in [3.8, 4) is 5.69 Å². The van der Waals surface area contributed by atoms with E-state index in [9.17, 15) is 14.9 Å². The molecule has 0 unspecified atom stereocenters. The average Bonchev–Trinajstić information content (AvgIpc) is 3.14. The van der Waals surface area contributed by atoms with Gasteiger partial charge in [0.15, 0.2) is 5.69 Å². The summed E-state index contributed by atoms with van der Waals surface area (Å²) in [5.41, 5.74) is 4.00. The Bertz CT molecular complexity index is 993. The van der Waals surface area contributed by atoms with Gasteiger partial charge in [0.1, 0.15) is 0 Å². The molecule has 0 aliphatic heterocycles. The number of non-ortho nitro benzene ring substituents is 1. The van der Waals surface area contributed by atoms with Gasteiger partial charge in [0.05, 0.1) is 10.6 Å². The lowest BCUT2D eigenvalue weighted by Gasteiger charge is -2.22. The van der Waals surface area contributed by atoms with E-state index in [1.807, 2.05) is 39.0 Å². The van der Waals surface area contributed by atoms with E-state index in [1.165, 1.54) is 16.8 Å². The van der Waals surface area contributed by atoms with Gasteiger partial charge in [-0.25, -0.2) is 4.68 Å². The summed E-state index contributed by atoms with van der Waals surface area (Å²) in [6, 6.07) is 13.6. The van der Waals surface area contributed by atoms with Crippen molar-refractivity contribution in [2.24, 2.45) is 0 Å². The first kappa shape index (κ1) is 18.3. The van der Waals surface area contributed by atoms with Crippen LogP contribution in [0.3, 0.4) is 0 Å². The molecule has 3 aromatic rings. The van der Waals surface area contributed by atoms with Crippen LogP contribution in [-0.4, -0.2) is 27.2 Å². The van der Waals surface area contributed by atoms with Gasteiger partial charge in [-0.05, 0) is 50.6 Å². The van der Waals surface area contributed by atoms with Crippen LogP contribution in [-0.2, 0) is 0 Å². The molecule has 0 aliphatic rings. The van der Waals surface area contributed by atoms with Crippen molar-refractivity contribution in [3.05, 3.63) is 81.7 Å². The van der Waals surface area contributed by atoms with Gasteiger partial charge in [0.25, 0.3) is 11.6 Å². The van der Waals surface area contributed by atoms with Crippen molar-refractivity contribution >= 4 is 17.3 Å². The summed E-state index contributed by atoms with van der Waals surface area (Å²) in [4.78, 5) is 25.0. The maximum absolute atomic E-state index is 13.0. The molecule has 0 N–H and O–H groups in total. The molecule has 0 saturated heterocycles. The maximum Gasteiger partial charge on any atom is 0.278 e. The van der Waals surface area contributed by atoms with Crippen LogP contribution in [0.25, 0.3) is 5.69 Å². The molecular formula is C20H20N4O3. The van der Waals surface area contributed by atoms with Crippen LogP contribution >= 0.6 is 0 Å². The molecule has 3 rings (SSSR count). The number of rotatable bonds is 5. The van der Waals surface area contributed by atoms with E-state index in [-0.39, 0.29) is 11.6 Å². The Morgan fingerprint density at radius 3 is 2.44 bits per heavy atom. The molecule has 0 spiro atoms. The lowest BCUT2D eigenvalue weighted by atomic mass is 10.1. The van der Waals surface area contributed by atoms with Crippen molar-refractivity contribution in [1.82, 2.24) is 9.78 Å². The lowest BCUT2D eigenvalue weighted by Crippen LogP contribution is -2.31. The molecule has 2 aromatic carbocycles. The maximum atomic E-state index is 13.0. The number of aromatic nitrogens is 2. The summed E-state index contributed by atoms with van der Waals surface area (Å²) >= 11 is 0. The van der Waals surface area contributed by atoms with Gasteiger partial charge < -0.3 is 4.90 Å². The molecule has 0 saturated carbocycles. The number of carbonyl (C=O) groups is 1. The Hall–Kier alpha value is -3.48. The zero-order valence-electron chi connectivity index (χ0n) is 15.4. The summed E-state index contributed by atoms with van der Waals surface area (Å²) in [6.07, 6.45) is 1.67. The number of nitro groups is 1. The van der Waals surface area contributed by atoms with Crippen LogP contribution in [0, 0.1) is 24.0 Å². The number of hydrogen-bond acceptors (Lipinski definition) is 4. The minimum absolute atomic E-state index is 0.00853. The third-order valence-electron chi connectivity index (χ3n) is 4.34. The van der Waals surface area contributed by atoms with Crippen LogP contribution in [0.15, 0.2) is 54.7 Å². The molecule has 1 heterocycles. The molecular weight excluding hydrogens is 344 g/mol. The van der Waals surface area contributed by atoms with Crippen molar-refractivity contribution in [2.45, 2.75) is 20.8 Å². The summed E-state index contributed by atoms with van der Waals surface area (Å²) < 4.78 is 1.53. The van der Waals surface area contributed by atoms with E-state index in [2.05, 4.69) is 5.10 Å². The monoisotopic (exact) mass is 364 g/mol. The largest absolute Gasteiger partial charge is 0.307 e. The first-order chi connectivity index (χ1) is 12.9. The van der Waals surface area contributed by atoms with Gasteiger partial charge in [0, 0.05) is 30.6 Å². The second kappa shape index (κ2) is 7.41. The Morgan fingerprint density at radius 2 is 1.85 bits per heavy atom. The fourth-order valence-corrected chi connectivity index (χ4v) is 2.98. The van der Waals surface area contributed by atoms with E-state index in [0.29, 0.717) is 17.9 Å². The summed E-state index contributed by atoms with van der Waals surface area (Å²) in [5.74, 6) is -0.190. The van der Waals surface area contributed by atoms with E-state index in [4.69, 9.17) is 0 Å². The highest BCUT2D eigenvalue weighted by atomic mass is 16.6. The molecule has 7 heteroatoms. The number of anilines is 1. The Labute approximate surface area is 157 Å². The number of carbonyl (C=O) groups excluding carboxylic acids is 1. The topological polar surface area (TPSA) is 81.3 Å². The smallest absolute Gasteiger partial charge is 0.278 e. The van der Waals surface area contributed by atoms with Gasteiger partial charge in [-0.3, -0.25) is 14.9 Å². The predicted molar refractivity (Wildman–Crippen MR) is 103 cm³/mol. The van der Waals surface area contributed by atoms with Crippen LogP contribution in [0.2, 0.25) is 0 Å². The molecule has 0 aliphatic carbocycles. The Kier molecular flexibility index (Phi) is 5.03. The fourth-order valence-electron chi connectivity index (χ4n) is 2.98. The van der Waals surface area contributed by atoms with Crippen molar-refractivity contribution < 1.29 is 9.72 Å². The van der Waals surface area contributed by atoms with Gasteiger partial charge in [0.2, 0.25) is 0 Å². The summed E-state index contributed by atoms with van der Waals surface area (Å²) in [7, 11) is 0. The third-order valence-corrected chi connectivity index (χ3v) is 4.34. The van der Waals surface area contributed by atoms with Crippen LogP contribution in [0.1, 0.15) is 28.5 Å². The van der Waals surface area contributed by atoms with Crippen molar-refractivity contribution in [3.63, 3.8) is 0 Å². The van der Waals surface area contributed by atoms with Crippen LogP contribution < -0.4 is 4.90 Å². The highest BCUT2D eigenvalue weighted by Gasteiger charge is 2.20. The normalized spacial score (nSPS) is 10.6. The number of hydrogen-bond donors (Lipinski definition) is 0. The molecule has 0 radical (unpaired) electrons. The predicted octanol–water partition coefficient (Wildman–Crippen LogP) is 4.06. The van der Waals surface area contributed by atoms with Gasteiger partial charge in [-0.15, -0.1) is 0 Å². The van der Waals surface area contributed by atoms with Crippen LogP contribution in [0.5, 0.6) is 0 Å². The second-order valence-corrected chi connectivity index (χ2v) is 6.26. The SMILES string of the molecule is CCN(C(=O)c1ccn(-c2ccc([N+](=O)[O-])cc2)n1)c1ccc(C)cc1C. The first-order valence-corrected chi connectivity index (χ1v) is 8.60. The Morgan fingerprint density at radius 1 is 1.15 bits per heavy atom. The summed E-state index contributed by atoms with van der Waals surface area (Å²) in [6.45, 7) is 6.44. The zero-order chi connectivity index (χ0) is 19.6. The fraction of sp³-hybridized carbons (Fsp3) is 0.200. The molecule has 138 valence electrons. The number of nitro benzene ring substituents is 1. The van der Waals surface area contributed by atoms with Gasteiger partial charge in [-0.2, -0.15) is 5.10 Å². The molecule has 27 heavy (non-hydrogen) atoms. The van der Waals surface area contributed by atoms with Crippen LogP contribution in [0.4, 0.5) is 11.4 Å². The minimum atomic E-state index is -0.454. The molecule has 1 aromatic heterocycles. The van der Waals surface area contributed by atoms with E-state index < -0.39 is 4.92 Å². The molecule has 0 bridgehead atoms. The highest BCUT2D eigenvalue weighted by Crippen LogP contribution is 2.23. The number of benzene rings is 2. The molecule has 0 fully saturated rings. The van der Waals surface area contributed by atoms with E-state index >= 15 is 0 Å². The summed E-state index contributed by atoms with van der Waals surface area (Å²) in [5, 5.41) is 15.1. The van der Waals surface area contributed by atoms with E-state index in [0.717, 1.165) is 16.8 Å². The second-order valence-electron chi connectivity index (χ2n) is 6.26. The standard InChI is InChI=1S/C20H20N4O3/c1-4-22(19-10-5-14(2)13-15(19)3)20(25)18-11-12-23(21-18)16-6-8-17(9-7-16)24(26)27/h5-13H,4H2,1-3H3. The average molecular weight is 364 g/mol. The Balaban J connectivity index is 1.88. The quantitative estimate of drug-likeness (QED) is 0.505. The van der Waals surface area contributed by atoms with Gasteiger partial charge in [-0.1, -0.05) is 17.7 Å². The number of nitrogens with zero attached hydrogens (tertiary/aromatic N) is 4. The van der Waals surface area contributed by atoms with E-state index in [1.54, 1.807) is 29.3 Å². The molecule has 1 amide bonds. The molecule has 0 atom stereocenters. The first-order valence-electron chi connectivity index (χ1n) is 8.60. The number of aryl methyl sites for hydroxylation is 2. The molecule has 7 nitrogen and oxygen atoms in total. The minimum Gasteiger partial charge on any atom is -0.307 e. The zero-order valence-corrected chi connectivity index (χ0v) is 15.4. The highest BCUT2D eigenvalue weighted by molar-refractivity contribution is 6.05. The third kappa shape index (κ3) is 3.72. The van der Waals surface area contributed by atoms with Gasteiger partial charge >= 0.3 is 0 Å². The lowest BCUT2D eigenvalue weighted by molar-refractivity contribution is -0.384. The van der Waals surface area contributed by atoms with Crippen molar-refractivity contribution in [2.75, 3.05) is 11.4 Å². The number of amides is 1. The van der Waals surface area contributed by atoms with Crippen molar-refractivity contribution in [1.29, 1.82) is 0 Å².